The second kappa shape index (κ2) is 10.2. The van der Waals surface area contributed by atoms with E-state index in [9.17, 15) is 5.11 Å². The van der Waals surface area contributed by atoms with E-state index >= 15 is 0 Å². The van der Waals surface area contributed by atoms with Crippen LogP contribution in [0.1, 0.15) is 65.7 Å². The summed E-state index contributed by atoms with van der Waals surface area (Å²) in [5, 5.41) is 18.1. The summed E-state index contributed by atoms with van der Waals surface area (Å²) >= 11 is 1.48. The Labute approximate surface area is 111 Å². The highest BCUT2D eigenvalue weighted by atomic mass is 32.2. The van der Waals surface area contributed by atoms with Gasteiger partial charge in [-0.2, -0.15) is 0 Å². The largest absolute Gasteiger partial charge is 0.393 e. The summed E-state index contributed by atoms with van der Waals surface area (Å²) in [4.78, 5) is 0. The highest BCUT2D eigenvalue weighted by Gasteiger charge is 2.22. The zero-order chi connectivity index (χ0) is 13.1. The maximum absolute atomic E-state index is 9.32. The van der Waals surface area contributed by atoms with Crippen molar-refractivity contribution < 1.29 is 10.2 Å². The van der Waals surface area contributed by atoms with Crippen LogP contribution in [-0.4, -0.2) is 28.0 Å². The fraction of sp³-hybridized carbons (Fsp3) is 1.00. The third-order valence-corrected chi connectivity index (χ3v) is 4.41. The monoisotopic (exact) mass is 262 g/mol. The van der Waals surface area contributed by atoms with Gasteiger partial charge in [-0.3, -0.25) is 0 Å². The van der Waals surface area contributed by atoms with Gasteiger partial charge in [0, 0.05) is 0 Å². The SMILES string of the molecule is CCCCC(C)(CCCC)CCSC(O)CO. The molecule has 0 aromatic rings. The van der Waals surface area contributed by atoms with Crippen LogP contribution < -0.4 is 0 Å². The van der Waals surface area contributed by atoms with Crippen molar-refractivity contribution in [1.82, 2.24) is 0 Å². The number of aliphatic hydroxyl groups excluding tert-OH is 2. The molecule has 0 radical (unpaired) electrons. The Morgan fingerprint density at radius 1 is 1.06 bits per heavy atom. The summed E-state index contributed by atoms with van der Waals surface area (Å²) in [5.41, 5.74) is -0.176. The Morgan fingerprint density at radius 2 is 1.59 bits per heavy atom. The van der Waals surface area contributed by atoms with Gasteiger partial charge in [0.1, 0.15) is 5.44 Å². The van der Waals surface area contributed by atoms with Crippen LogP contribution in [-0.2, 0) is 0 Å². The highest BCUT2D eigenvalue weighted by molar-refractivity contribution is 7.99. The summed E-state index contributed by atoms with van der Waals surface area (Å²) in [6.45, 7) is 6.73. The predicted molar refractivity (Wildman–Crippen MR) is 77.3 cm³/mol. The molecule has 1 atom stereocenters. The molecule has 0 amide bonds. The van der Waals surface area contributed by atoms with Crippen molar-refractivity contribution >= 4 is 11.8 Å². The van der Waals surface area contributed by atoms with Gasteiger partial charge >= 0.3 is 0 Å². The molecule has 0 saturated heterocycles. The standard InChI is InChI=1S/C14H30O2S/c1-4-6-8-14(3,9-7-5-2)10-11-17-13(16)12-15/h13,15-16H,4-12H2,1-3H3. The summed E-state index contributed by atoms with van der Waals surface area (Å²) in [6, 6.07) is 0. The molecule has 0 spiro atoms. The lowest BCUT2D eigenvalue weighted by molar-refractivity contribution is 0.160. The lowest BCUT2D eigenvalue weighted by atomic mass is 9.78. The van der Waals surface area contributed by atoms with Crippen LogP contribution in [0.2, 0.25) is 0 Å². The molecule has 0 rings (SSSR count). The molecule has 1 unspecified atom stereocenters. The van der Waals surface area contributed by atoms with E-state index in [1.165, 1.54) is 50.3 Å². The molecular formula is C14H30O2S. The van der Waals surface area contributed by atoms with Crippen molar-refractivity contribution in [2.45, 2.75) is 71.2 Å². The number of rotatable bonds is 11. The van der Waals surface area contributed by atoms with Gasteiger partial charge in [0.15, 0.2) is 0 Å². The molecule has 0 aromatic carbocycles. The number of hydrogen-bond donors (Lipinski definition) is 2. The van der Waals surface area contributed by atoms with E-state index < -0.39 is 5.44 Å². The number of aliphatic hydroxyl groups is 2. The minimum atomic E-state index is -0.600. The molecule has 0 aromatic heterocycles. The minimum absolute atomic E-state index is 0.134. The predicted octanol–water partition coefficient (Wildman–Crippen LogP) is 3.81. The van der Waals surface area contributed by atoms with Crippen LogP contribution in [0, 0.1) is 5.41 Å². The fourth-order valence-corrected chi connectivity index (χ4v) is 3.06. The third kappa shape index (κ3) is 8.92. The molecule has 2 N–H and O–H groups in total. The topological polar surface area (TPSA) is 40.5 Å². The molecule has 104 valence electrons. The molecule has 0 saturated carbocycles. The Hall–Kier alpha value is 0.270. The zero-order valence-corrected chi connectivity index (χ0v) is 12.6. The molecule has 0 aliphatic carbocycles. The van der Waals surface area contributed by atoms with Crippen molar-refractivity contribution in [1.29, 1.82) is 0 Å². The maximum atomic E-state index is 9.32. The molecular weight excluding hydrogens is 232 g/mol. The van der Waals surface area contributed by atoms with Crippen LogP contribution in [0.15, 0.2) is 0 Å². The summed E-state index contributed by atoms with van der Waals surface area (Å²) < 4.78 is 0. The maximum Gasteiger partial charge on any atom is 0.122 e. The second-order valence-corrected chi connectivity index (χ2v) is 6.56. The third-order valence-electron chi connectivity index (χ3n) is 3.44. The van der Waals surface area contributed by atoms with Crippen LogP contribution in [0.5, 0.6) is 0 Å². The molecule has 0 heterocycles. The average molecular weight is 262 g/mol. The Balaban J connectivity index is 3.98. The van der Waals surface area contributed by atoms with Crippen molar-refractivity contribution in [3.8, 4) is 0 Å². The van der Waals surface area contributed by atoms with Crippen molar-refractivity contribution in [3.63, 3.8) is 0 Å². The lowest BCUT2D eigenvalue weighted by Crippen LogP contribution is -2.19. The van der Waals surface area contributed by atoms with Gasteiger partial charge in [0.25, 0.3) is 0 Å². The Morgan fingerprint density at radius 3 is 2.00 bits per heavy atom. The lowest BCUT2D eigenvalue weighted by Gasteiger charge is -2.30. The van der Waals surface area contributed by atoms with E-state index in [1.807, 2.05) is 0 Å². The number of hydrogen-bond acceptors (Lipinski definition) is 3. The first-order chi connectivity index (χ1) is 8.08. The van der Waals surface area contributed by atoms with E-state index in [-0.39, 0.29) is 6.61 Å². The van der Waals surface area contributed by atoms with E-state index in [0.717, 1.165) is 12.2 Å². The van der Waals surface area contributed by atoms with Crippen molar-refractivity contribution in [3.05, 3.63) is 0 Å². The van der Waals surface area contributed by atoms with Gasteiger partial charge in [-0.25, -0.2) is 0 Å². The minimum Gasteiger partial charge on any atom is -0.393 e. The van der Waals surface area contributed by atoms with Crippen LogP contribution in [0.4, 0.5) is 0 Å². The quantitative estimate of drug-likeness (QED) is 0.556. The molecule has 0 aliphatic rings. The van der Waals surface area contributed by atoms with Crippen molar-refractivity contribution in [2.24, 2.45) is 5.41 Å². The van der Waals surface area contributed by atoms with Gasteiger partial charge in [-0.15, -0.1) is 11.8 Å². The van der Waals surface area contributed by atoms with Crippen LogP contribution in [0.3, 0.4) is 0 Å². The number of thioether (sulfide) groups is 1. The van der Waals surface area contributed by atoms with E-state index in [2.05, 4.69) is 20.8 Å². The van der Waals surface area contributed by atoms with Crippen molar-refractivity contribution in [2.75, 3.05) is 12.4 Å². The van der Waals surface area contributed by atoms with Gasteiger partial charge < -0.3 is 10.2 Å². The molecule has 0 bridgehead atoms. The summed E-state index contributed by atoms with van der Waals surface area (Å²) in [5.74, 6) is 0.950. The second-order valence-electron chi connectivity index (χ2n) is 5.28. The normalized spacial score (nSPS) is 13.9. The molecule has 0 fully saturated rings. The van der Waals surface area contributed by atoms with Crippen LogP contribution >= 0.6 is 11.8 Å². The van der Waals surface area contributed by atoms with Gasteiger partial charge in [0.05, 0.1) is 6.61 Å². The Bertz CT molecular complexity index is 166. The summed E-state index contributed by atoms with van der Waals surface area (Å²) in [7, 11) is 0. The summed E-state index contributed by atoms with van der Waals surface area (Å²) in [6.07, 6.45) is 8.84. The molecule has 0 aliphatic heterocycles. The average Bonchev–Trinajstić information content (AvgIpc) is 2.34. The van der Waals surface area contributed by atoms with E-state index in [1.54, 1.807) is 0 Å². The molecule has 2 nitrogen and oxygen atoms in total. The molecule has 3 heteroatoms. The first-order valence-corrected chi connectivity index (χ1v) is 8.03. The first-order valence-electron chi connectivity index (χ1n) is 6.98. The first kappa shape index (κ1) is 17.3. The van der Waals surface area contributed by atoms with E-state index in [0.29, 0.717) is 5.41 Å². The fourth-order valence-electron chi connectivity index (χ4n) is 2.08. The highest BCUT2D eigenvalue weighted by Crippen LogP contribution is 2.35. The molecule has 17 heavy (non-hydrogen) atoms. The van der Waals surface area contributed by atoms with Gasteiger partial charge in [-0.05, 0) is 30.4 Å². The Kier molecular flexibility index (Phi) is 10.4. The van der Waals surface area contributed by atoms with Crippen LogP contribution in [0.25, 0.3) is 0 Å². The van der Waals surface area contributed by atoms with Gasteiger partial charge in [0.2, 0.25) is 0 Å². The van der Waals surface area contributed by atoms with Gasteiger partial charge in [-0.1, -0.05) is 46.5 Å². The van der Waals surface area contributed by atoms with E-state index in [4.69, 9.17) is 5.11 Å². The smallest absolute Gasteiger partial charge is 0.122 e. The number of unbranched alkanes of at least 4 members (excludes halogenated alkanes) is 2. The zero-order valence-electron chi connectivity index (χ0n) is 11.7.